The molecular formula is C28H28Cl2N6O6. The molecule has 0 bridgehead atoms. The van der Waals surface area contributed by atoms with E-state index in [1.807, 2.05) is 5.32 Å². The molecule has 0 saturated carbocycles. The SMILES string of the molecule is C=CCNCC(=O)Nc1c(Cl)cc(CN(C(=N)NC(=O)O)C(=O)c2c(-c3ccc(OCC=C)cc3)noc2C)cc1Cl. The van der Waals surface area contributed by atoms with Crippen LogP contribution in [0.3, 0.4) is 0 Å². The van der Waals surface area contributed by atoms with Gasteiger partial charge in [-0.15, -0.1) is 6.58 Å². The van der Waals surface area contributed by atoms with Gasteiger partial charge in [0.25, 0.3) is 5.91 Å². The third kappa shape index (κ3) is 8.19. The Morgan fingerprint density at radius 1 is 1.14 bits per heavy atom. The maximum atomic E-state index is 13.8. The average molecular weight is 615 g/mol. The molecule has 3 rings (SSSR count). The summed E-state index contributed by atoms with van der Waals surface area (Å²) < 4.78 is 10.8. The smallest absolute Gasteiger partial charge is 0.411 e. The zero-order valence-corrected chi connectivity index (χ0v) is 24.0. The molecule has 0 atom stereocenters. The summed E-state index contributed by atoms with van der Waals surface area (Å²) >= 11 is 12.8. The van der Waals surface area contributed by atoms with Crippen molar-refractivity contribution in [3.05, 3.63) is 88.6 Å². The first kappa shape index (κ1) is 31.9. The Labute approximate surface area is 251 Å². The van der Waals surface area contributed by atoms with Gasteiger partial charge in [-0.3, -0.25) is 25.2 Å². The second-order valence-corrected chi connectivity index (χ2v) is 9.47. The number of anilines is 1. The summed E-state index contributed by atoms with van der Waals surface area (Å²) in [6, 6.07) is 9.61. The van der Waals surface area contributed by atoms with Crippen LogP contribution >= 0.6 is 23.2 Å². The summed E-state index contributed by atoms with van der Waals surface area (Å²) in [5.74, 6) is -1.18. The number of aryl methyl sites for hydroxylation is 1. The van der Waals surface area contributed by atoms with Crippen LogP contribution in [0.25, 0.3) is 11.3 Å². The second kappa shape index (κ2) is 14.8. The summed E-state index contributed by atoms with van der Waals surface area (Å²) in [7, 11) is 0. The Morgan fingerprint density at radius 3 is 2.40 bits per heavy atom. The maximum Gasteiger partial charge on any atom is 0.411 e. The van der Waals surface area contributed by atoms with E-state index >= 15 is 0 Å². The summed E-state index contributed by atoms with van der Waals surface area (Å²) in [6.45, 7) is 9.11. The Balaban J connectivity index is 1.93. The van der Waals surface area contributed by atoms with E-state index in [1.165, 1.54) is 19.1 Å². The van der Waals surface area contributed by atoms with Crippen LogP contribution < -0.4 is 20.7 Å². The van der Waals surface area contributed by atoms with Crippen LogP contribution in [0.4, 0.5) is 10.5 Å². The van der Waals surface area contributed by atoms with E-state index in [4.69, 9.17) is 37.9 Å². The normalized spacial score (nSPS) is 10.5. The molecule has 1 aromatic heterocycles. The number of benzene rings is 2. The van der Waals surface area contributed by atoms with Gasteiger partial charge in [-0.25, -0.2) is 4.79 Å². The molecule has 0 radical (unpaired) electrons. The molecule has 1 heterocycles. The predicted octanol–water partition coefficient (Wildman–Crippen LogP) is 5.08. The highest BCUT2D eigenvalue weighted by Gasteiger charge is 2.30. The number of halogens is 2. The van der Waals surface area contributed by atoms with E-state index in [1.54, 1.807) is 36.4 Å². The van der Waals surface area contributed by atoms with Gasteiger partial charge in [-0.05, 0) is 48.9 Å². The molecule has 3 aromatic rings. The average Bonchev–Trinajstić information content (AvgIpc) is 3.33. The quantitative estimate of drug-likeness (QED) is 0.0813. The number of hydrogen-bond acceptors (Lipinski definition) is 8. The molecule has 0 unspecified atom stereocenters. The van der Waals surface area contributed by atoms with Gasteiger partial charge in [0.05, 0.1) is 28.8 Å². The molecule has 2 aromatic carbocycles. The highest BCUT2D eigenvalue weighted by atomic mass is 35.5. The number of rotatable bonds is 12. The number of ether oxygens (including phenoxy) is 1. The second-order valence-electron chi connectivity index (χ2n) is 8.66. The summed E-state index contributed by atoms with van der Waals surface area (Å²) in [5.41, 5.74) is 1.21. The van der Waals surface area contributed by atoms with Gasteiger partial charge in [0.2, 0.25) is 11.9 Å². The van der Waals surface area contributed by atoms with Crippen LogP contribution in [0.2, 0.25) is 10.0 Å². The molecular weight excluding hydrogens is 587 g/mol. The minimum Gasteiger partial charge on any atom is -0.490 e. The van der Waals surface area contributed by atoms with Crippen LogP contribution in [0.15, 0.2) is 66.2 Å². The van der Waals surface area contributed by atoms with Crippen molar-refractivity contribution in [1.29, 1.82) is 5.41 Å². The van der Waals surface area contributed by atoms with E-state index in [0.29, 0.717) is 30.0 Å². The van der Waals surface area contributed by atoms with E-state index in [9.17, 15) is 19.5 Å². The number of carbonyl (C=O) groups is 3. The largest absolute Gasteiger partial charge is 0.490 e. The number of hydrogen-bond donors (Lipinski definition) is 5. The fourth-order valence-electron chi connectivity index (χ4n) is 3.73. The topological polar surface area (TPSA) is 170 Å². The van der Waals surface area contributed by atoms with Crippen molar-refractivity contribution in [1.82, 2.24) is 20.7 Å². The van der Waals surface area contributed by atoms with Crippen LogP contribution in [0, 0.1) is 12.3 Å². The third-order valence-corrected chi connectivity index (χ3v) is 6.19. The zero-order valence-electron chi connectivity index (χ0n) is 22.5. The van der Waals surface area contributed by atoms with Gasteiger partial charge in [0, 0.05) is 12.1 Å². The van der Waals surface area contributed by atoms with Crippen molar-refractivity contribution >= 4 is 52.8 Å². The molecule has 0 fully saturated rings. The Kier molecular flexibility index (Phi) is 11.3. The molecule has 0 aliphatic rings. The summed E-state index contributed by atoms with van der Waals surface area (Å²) in [5, 5.41) is 29.1. The van der Waals surface area contributed by atoms with Gasteiger partial charge in [0.15, 0.2) is 0 Å². The Hall–Kier alpha value is -4.65. The molecule has 0 spiro atoms. The molecule has 3 amide bonds. The van der Waals surface area contributed by atoms with Gasteiger partial charge in [-0.1, -0.05) is 47.1 Å². The standard InChI is InChI=1S/C28H28Cl2N6O6/c1-4-10-32-14-22(37)33-25-20(29)12-17(13-21(25)30)15-36(27(31)34-28(39)40)26(38)23-16(3)42-35-24(23)18-6-8-19(9-7-18)41-11-5-2/h4-9,12-13,32H,1-2,10-11,14-15H2,3H3,(H2,31,34)(H,33,37)(H,39,40). The van der Waals surface area contributed by atoms with Gasteiger partial charge < -0.3 is 25.0 Å². The lowest BCUT2D eigenvalue weighted by Gasteiger charge is -2.23. The number of nitrogens with one attached hydrogen (secondary N) is 4. The molecule has 14 heteroatoms. The van der Waals surface area contributed by atoms with Crippen LogP contribution in [-0.2, 0) is 11.3 Å². The maximum absolute atomic E-state index is 13.8. The fraction of sp³-hybridized carbons (Fsp3) is 0.179. The van der Waals surface area contributed by atoms with Crippen molar-refractivity contribution in [3.8, 4) is 17.0 Å². The Morgan fingerprint density at radius 2 is 1.81 bits per heavy atom. The highest BCUT2D eigenvalue weighted by Crippen LogP contribution is 2.33. The first-order valence-corrected chi connectivity index (χ1v) is 13.1. The van der Waals surface area contributed by atoms with Gasteiger partial charge in [-0.2, -0.15) is 0 Å². The molecule has 0 saturated heterocycles. The first-order valence-electron chi connectivity index (χ1n) is 12.4. The van der Waals surface area contributed by atoms with Crippen molar-refractivity contribution in [2.45, 2.75) is 13.5 Å². The lowest BCUT2D eigenvalue weighted by atomic mass is 10.0. The fourth-order valence-corrected chi connectivity index (χ4v) is 4.36. The molecule has 42 heavy (non-hydrogen) atoms. The summed E-state index contributed by atoms with van der Waals surface area (Å²) in [6.07, 6.45) is 1.66. The monoisotopic (exact) mass is 614 g/mol. The van der Waals surface area contributed by atoms with Crippen molar-refractivity contribution in [2.24, 2.45) is 0 Å². The van der Waals surface area contributed by atoms with Crippen LogP contribution in [0.1, 0.15) is 21.7 Å². The predicted molar refractivity (Wildman–Crippen MR) is 159 cm³/mol. The van der Waals surface area contributed by atoms with Gasteiger partial charge in [0.1, 0.15) is 29.4 Å². The first-order chi connectivity index (χ1) is 20.0. The van der Waals surface area contributed by atoms with Crippen molar-refractivity contribution in [2.75, 3.05) is 25.0 Å². The number of carbonyl (C=O) groups excluding carboxylic acids is 2. The molecule has 5 N–H and O–H groups in total. The summed E-state index contributed by atoms with van der Waals surface area (Å²) in [4.78, 5) is 38.3. The lowest BCUT2D eigenvalue weighted by Crippen LogP contribution is -2.46. The number of guanidine groups is 1. The van der Waals surface area contributed by atoms with E-state index in [2.05, 4.69) is 28.9 Å². The van der Waals surface area contributed by atoms with E-state index in [-0.39, 0.29) is 45.8 Å². The molecule has 0 aliphatic carbocycles. The molecule has 220 valence electrons. The number of aromatic nitrogens is 1. The van der Waals surface area contributed by atoms with Crippen molar-refractivity contribution in [3.63, 3.8) is 0 Å². The minimum atomic E-state index is -1.55. The zero-order chi connectivity index (χ0) is 30.8. The van der Waals surface area contributed by atoms with Crippen LogP contribution in [-0.4, -0.2) is 58.7 Å². The van der Waals surface area contributed by atoms with Gasteiger partial charge >= 0.3 is 6.09 Å². The van der Waals surface area contributed by atoms with E-state index < -0.39 is 23.9 Å². The van der Waals surface area contributed by atoms with E-state index in [0.717, 1.165) is 4.90 Å². The molecule has 12 nitrogen and oxygen atoms in total. The Bertz CT molecular complexity index is 1480. The highest BCUT2D eigenvalue weighted by molar-refractivity contribution is 6.40. The number of amides is 3. The van der Waals surface area contributed by atoms with Crippen molar-refractivity contribution < 1.29 is 28.8 Å². The number of nitrogens with zero attached hydrogens (tertiary/aromatic N) is 2. The van der Waals surface area contributed by atoms with Crippen LogP contribution in [0.5, 0.6) is 5.75 Å². The lowest BCUT2D eigenvalue weighted by molar-refractivity contribution is -0.115. The minimum absolute atomic E-state index is 0.00821. The third-order valence-electron chi connectivity index (χ3n) is 5.59. The molecule has 0 aliphatic heterocycles. The number of carboxylic acid groups (broad SMARTS) is 1.